The molecule has 98 valence electrons. The molecule has 18 heavy (non-hydrogen) atoms. The van der Waals surface area contributed by atoms with E-state index in [1.807, 2.05) is 25.1 Å². The second kappa shape index (κ2) is 6.70. The van der Waals surface area contributed by atoms with Gasteiger partial charge in [-0.15, -0.1) is 0 Å². The molecule has 0 saturated carbocycles. The fourth-order valence-electron chi connectivity index (χ4n) is 1.48. The maximum Gasteiger partial charge on any atom is 0.242 e. The summed E-state index contributed by atoms with van der Waals surface area (Å²) in [6, 6.07) is 5.17. The van der Waals surface area contributed by atoms with Crippen molar-refractivity contribution in [1.82, 2.24) is 5.32 Å². The van der Waals surface area contributed by atoms with E-state index in [2.05, 4.69) is 26.6 Å². The number of likely N-dealkylation sites (N-methyl/N-ethyl adjacent to an activating group) is 1. The van der Waals surface area contributed by atoms with Crippen LogP contribution in [-0.4, -0.2) is 23.5 Å². The number of hydrogen-bond donors (Lipinski definition) is 3. The lowest BCUT2D eigenvalue weighted by atomic mass is 10.1. The van der Waals surface area contributed by atoms with E-state index in [1.54, 1.807) is 6.92 Å². The van der Waals surface area contributed by atoms with Gasteiger partial charge in [0.1, 0.15) is 11.0 Å². The first kappa shape index (κ1) is 14.9. The third-order valence-corrected chi connectivity index (χ3v) is 3.08. The van der Waals surface area contributed by atoms with Crippen molar-refractivity contribution < 1.29 is 4.79 Å². The summed E-state index contributed by atoms with van der Waals surface area (Å²) in [5, 5.41) is 5.86. The van der Waals surface area contributed by atoms with Gasteiger partial charge in [0.2, 0.25) is 5.91 Å². The zero-order valence-corrected chi connectivity index (χ0v) is 12.7. The Morgan fingerprint density at radius 2 is 2.22 bits per heavy atom. The predicted molar refractivity (Wildman–Crippen MR) is 81.8 cm³/mol. The number of hydrogen-bond acceptors (Lipinski definition) is 3. The number of amides is 1. The number of halogens is 1. The Labute approximate surface area is 120 Å². The van der Waals surface area contributed by atoms with Crippen LogP contribution in [0.1, 0.15) is 19.4 Å². The standard InChI is InChI=1S/C12H16BrN3OS/c1-3-15-12(17)7(2)16-10-6-8(13)4-5-9(10)11(14)18/h4-7,16H,3H2,1-2H3,(H2,14,18)(H,15,17). The molecule has 1 aromatic carbocycles. The van der Waals surface area contributed by atoms with E-state index in [0.29, 0.717) is 11.5 Å². The van der Waals surface area contributed by atoms with E-state index >= 15 is 0 Å². The molecule has 0 radical (unpaired) electrons. The Hall–Kier alpha value is -1.14. The first-order valence-electron chi connectivity index (χ1n) is 5.59. The largest absolute Gasteiger partial charge is 0.389 e. The third kappa shape index (κ3) is 3.96. The summed E-state index contributed by atoms with van der Waals surface area (Å²) in [4.78, 5) is 12.0. The summed E-state index contributed by atoms with van der Waals surface area (Å²) < 4.78 is 0.896. The van der Waals surface area contributed by atoms with Gasteiger partial charge in [-0.25, -0.2) is 0 Å². The lowest BCUT2D eigenvalue weighted by Crippen LogP contribution is -2.37. The van der Waals surface area contributed by atoms with Crippen molar-refractivity contribution in [3.63, 3.8) is 0 Å². The molecule has 0 aromatic heterocycles. The molecule has 1 unspecified atom stereocenters. The van der Waals surface area contributed by atoms with Crippen molar-refractivity contribution >= 4 is 44.7 Å². The van der Waals surface area contributed by atoms with Gasteiger partial charge < -0.3 is 16.4 Å². The van der Waals surface area contributed by atoms with E-state index in [9.17, 15) is 4.79 Å². The molecule has 0 heterocycles. The maximum atomic E-state index is 11.7. The first-order valence-corrected chi connectivity index (χ1v) is 6.79. The molecule has 0 aliphatic rings. The summed E-state index contributed by atoms with van der Waals surface area (Å²) in [5.74, 6) is -0.0636. The van der Waals surface area contributed by atoms with Crippen LogP contribution in [0.2, 0.25) is 0 Å². The van der Waals surface area contributed by atoms with Crippen molar-refractivity contribution in [1.29, 1.82) is 0 Å². The van der Waals surface area contributed by atoms with Crippen molar-refractivity contribution in [3.8, 4) is 0 Å². The Balaban J connectivity index is 2.92. The maximum absolute atomic E-state index is 11.7. The molecule has 0 spiro atoms. The van der Waals surface area contributed by atoms with Gasteiger partial charge in [-0.3, -0.25) is 4.79 Å². The predicted octanol–water partition coefficient (Wildman–Crippen LogP) is 2.02. The summed E-state index contributed by atoms with van der Waals surface area (Å²) in [7, 11) is 0. The molecule has 6 heteroatoms. The molecule has 1 aromatic rings. The molecular formula is C12H16BrN3OS. The molecule has 1 atom stereocenters. The van der Waals surface area contributed by atoms with E-state index in [0.717, 1.165) is 15.7 Å². The highest BCUT2D eigenvalue weighted by Crippen LogP contribution is 2.22. The summed E-state index contributed by atoms with van der Waals surface area (Å²) in [6.45, 7) is 4.27. The number of rotatable bonds is 5. The molecule has 1 rings (SSSR count). The van der Waals surface area contributed by atoms with Crippen LogP contribution in [0.5, 0.6) is 0 Å². The second-order valence-electron chi connectivity index (χ2n) is 3.81. The van der Waals surface area contributed by atoms with Gasteiger partial charge in [-0.05, 0) is 32.0 Å². The van der Waals surface area contributed by atoms with Crippen LogP contribution in [0.4, 0.5) is 5.69 Å². The summed E-state index contributed by atoms with van der Waals surface area (Å²) >= 11 is 8.36. The Bertz CT molecular complexity index is 465. The van der Waals surface area contributed by atoms with Gasteiger partial charge >= 0.3 is 0 Å². The van der Waals surface area contributed by atoms with Crippen molar-refractivity contribution in [2.24, 2.45) is 5.73 Å². The van der Waals surface area contributed by atoms with E-state index in [4.69, 9.17) is 18.0 Å². The third-order valence-electron chi connectivity index (χ3n) is 2.36. The van der Waals surface area contributed by atoms with Crippen molar-refractivity contribution in [2.45, 2.75) is 19.9 Å². The molecule has 0 aliphatic carbocycles. The van der Waals surface area contributed by atoms with Gasteiger partial charge in [0.05, 0.1) is 0 Å². The normalized spacial score (nSPS) is 11.7. The van der Waals surface area contributed by atoms with E-state index in [-0.39, 0.29) is 11.9 Å². The molecule has 1 amide bonds. The molecule has 0 aliphatic heterocycles. The Morgan fingerprint density at radius 3 is 2.78 bits per heavy atom. The number of nitrogens with one attached hydrogen (secondary N) is 2. The number of benzene rings is 1. The SMILES string of the molecule is CCNC(=O)C(C)Nc1cc(Br)ccc1C(N)=S. The van der Waals surface area contributed by atoms with Gasteiger partial charge in [0.15, 0.2) is 0 Å². The fourth-order valence-corrected chi connectivity index (χ4v) is 2.02. The molecule has 4 nitrogen and oxygen atoms in total. The minimum absolute atomic E-state index is 0.0636. The number of anilines is 1. The average molecular weight is 330 g/mol. The Morgan fingerprint density at radius 1 is 1.56 bits per heavy atom. The number of thiocarbonyl (C=S) groups is 1. The molecule has 0 bridgehead atoms. The van der Waals surface area contributed by atoms with Crippen LogP contribution in [0, 0.1) is 0 Å². The number of carbonyl (C=O) groups excluding carboxylic acids is 1. The minimum Gasteiger partial charge on any atom is -0.389 e. The highest BCUT2D eigenvalue weighted by molar-refractivity contribution is 9.10. The van der Waals surface area contributed by atoms with Gasteiger partial charge in [0.25, 0.3) is 0 Å². The lowest BCUT2D eigenvalue weighted by Gasteiger charge is -2.17. The smallest absolute Gasteiger partial charge is 0.242 e. The van der Waals surface area contributed by atoms with E-state index < -0.39 is 0 Å². The van der Waals surface area contributed by atoms with Crippen LogP contribution in [-0.2, 0) is 4.79 Å². The van der Waals surface area contributed by atoms with Crippen LogP contribution in [0.3, 0.4) is 0 Å². The zero-order chi connectivity index (χ0) is 13.7. The molecule has 4 N–H and O–H groups in total. The van der Waals surface area contributed by atoms with E-state index in [1.165, 1.54) is 0 Å². The summed E-state index contributed by atoms with van der Waals surface area (Å²) in [5.41, 5.74) is 7.12. The second-order valence-corrected chi connectivity index (χ2v) is 5.17. The van der Waals surface area contributed by atoms with Gasteiger partial charge in [-0.2, -0.15) is 0 Å². The van der Waals surface area contributed by atoms with Crippen molar-refractivity contribution in [3.05, 3.63) is 28.2 Å². The monoisotopic (exact) mass is 329 g/mol. The zero-order valence-electron chi connectivity index (χ0n) is 10.3. The van der Waals surface area contributed by atoms with Crippen LogP contribution >= 0.6 is 28.1 Å². The number of carbonyl (C=O) groups is 1. The first-order chi connectivity index (χ1) is 8.45. The molecule has 0 fully saturated rings. The van der Waals surface area contributed by atoms with Crippen LogP contribution in [0.15, 0.2) is 22.7 Å². The highest BCUT2D eigenvalue weighted by Gasteiger charge is 2.14. The fraction of sp³-hybridized carbons (Fsp3) is 0.333. The topological polar surface area (TPSA) is 67.2 Å². The van der Waals surface area contributed by atoms with Gasteiger partial charge in [-0.1, -0.05) is 28.1 Å². The quantitative estimate of drug-likeness (QED) is 0.723. The minimum atomic E-state index is -0.354. The lowest BCUT2D eigenvalue weighted by molar-refractivity contribution is -0.121. The van der Waals surface area contributed by atoms with Crippen LogP contribution in [0.25, 0.3) is 0 Å². The van der Waals surface area contributed by atoms with Crippen molar-refractivity contribution in [2.75, 3.05) is 11.9 Å². The highest BCUT2D eigenvalue weighted by atomic mass is 79.9. The van der Waals surface area contributed by atoms with Crippen LogP contribution < -0.4 is 16.4 Å². The number of nitrogens with two attached hydrogens (primary N) is 1. The average Bonchev–Trinajstić information content (AvgIpc) is 2.28. The Kier molecular flexibility index (Phi) is 5.55. The summed E-state index contributed by atoms with van der Waals surface area (Å²) in [6.07, 6.45) is 0. The molecular weight excluding hydrogens is 314 g/mol. The van der Waals surface area contributed by atoms with Gasteiger partial charge in [0, 0.05) is 22.3 Å². The molecule has 0 saturated heterocycles.